The van der Waals surface area contributed by atoms with E-state index < -0.39 is 7.59 Å². The predicted octanol–water partition coefficient (Wildman–Crippen LogP) is 4.84. The van der Waals surface area contributed by atoms with Crippen LogP contribution in [-0.4, -0.2) is 39.7 Å². The van der Waals surface area contributed by atoms with Gasteiger partial charge in [-0.3, -0.25) is 4.57 Å². The summed E-state index contributed by atoms with van der Waals surface area (Å²) in [7, 11) is -2.79. The second-order valence-corrected chi connectivity index (χ2v) is 9.59. The maximum Gasteiger partial charge on any atom is 0.287 e. The van der Waals surface area contributed by atoms with Gasteiger partial charge in [0.1, 0.15) is 0 Å². The Morgan fingerprint density at radius 3 is 1.92 bits per heavy atom. The molecule has 0 amide bonds. The Balaban J connectivity index is 1.93. The lowest BCUT2D eigenvalue weighted by atomic mass is 10.2. The van der Waals surface area contributed by atoms with Crippen molar-refractivity contribution in [3.63, 3.8) is 0 Å². The quantitative estimate of drug-likeness (QED) is 0.651. The molecule has 4 nitrogen and oxygen atoms in total. The van der Waals surface area contributed by atoms with E-state index in [-0.39, 0.29) is 6.04 Å². The molecule has 26 heavy (non-hydrogen) atoms. The molecular weight excluding hydrogens is 341 g/mol. The smallest absolute Gasteiger partial charge is 0.270 e. The van der Waals surface area contributed by atoms with Crippen LogP contribution in [0.3, 0.4) is 0 Å². The van der Waals surface area contributed by atoms with E-state index in [1.165, 1.54) is 11.1 Å². The van der Waals surface area contributed by atoms with E-state index in [0.29, 0.717) is 0 Å². The minimum atomic E-state index is -2.79. The maximum atomic E-state index is 14.4. The predicted molar refractivity (Wildman–Crippen MR) is 109 cm³/mol. The lowest BCUT2D eigenvalue weighted by molar-refractivity contribution is 0.320. The molecule has 1 aliphatic heterocycles. The number of hydrogen-bond donors (Lipinski definition) is 0. The fourth-order valence-electron chi connectivity index (χ4n) is 3.83. The van der Waals surface area contributed by atoms with Crippen molar-refractivity contribution in [3.05, 3.63) is 71.8 Å². The molecule has 1 fully saturated rings. The zero-order valence-electron chi connectivity index (χ0n) is 16.1. The minimum Gasteiger partial charge on any atom is -0.270 e. The van der Waals surface area contributed by atoms with E-state index in [1.807, 2.05) is 12.1 Å². The highest BCUT2D eigenvalue weighted by Gasteiger charge is 2.49. The van der Waals surface area contributed by atoms with Gasteiger partial charge >= 0.3 is 0 Å². The fraction of sp³-hybridized carbons (Fsp3) is 0.429. The highest BCUT2D eigenvalue weighted by atomic mass is 31.2. The summed E-state index contributed by atoms with van der Waals surface area (Å²) in [6, 6.07) is 21.0. The highest BCUT2D eigenvalue weighted by Crippen LogP contribution is 2.62. The van der Waals surface area contributed by atoms with Crippen molar-refractivity contribution in [2.24, 2.45) is 0 Å². The van der Waals surface area contributed by atoms with E-state index in [9.17, 15) is 4.57 Å². The molecule has 1 aliphatic rings. The molecule has 5 heteroatoms. The Kier molecular flexibility index (Phi) is 6.31. The maximum absolute atomic E-state index is 14.4. The molecule has 140 valence electrons. The first kappa shape index (κ1) is 19.3. The van der Waals surface area contributed by atoms with Crippen LogP contribution in [-0.2, 0) is 17.7 Å². The molecule has 2 aromatic carbocycles. The summed E-state index contributed by atoms with van der Waals surface area (Å²) in [5.41, 5.74) is 2.43. The minimum absolute atomic E-state index is 0.255. The van der Waals surface area contributed by atoms with Crippen LogP contribution in [0.1, 0.15) is 31.9 Å². The van der Waals surface area contributed by atoms with Crippen molar-refractivity contribution in [2.45, 2.75) is 39.9 Å². The third-order valence-corrected chi connectivity index (χ3v) is 8.73. The Hall–Kier alpha value is -1.45. The van der Waals surface area contributed by atoms with Gasteiger partial charge in [-0.2, -0.15) is 0 Å². The van der Waals surface area contributed by atoms with Gasteiger partial charge in [-0.25, -0.2) is 14.0 Å². The van der Waals surface area contributed by atoms with Gasteiger partial charge in [-0.15, -0.1) is 0 Å². The lowest BCUT2D eigenvalue weighted by Gasteiger charge is -2.38. The van der Waals surface area contributed by atoms with E-state index in [2.05, 4.69) is 83.3 Å². The molecule has 0 N–H and O–H groups in total. The third kappa shape index (κ3) is 3.79. The fourth-order valence-corrected chi connectivity index (χ4v) is 7.30. The highest BCUT2D eigenvalue weighted by molar-refractivity contribution is 7.56. The topological polar surface area (TPSA) is 26.8 Å². The molecular formula is C21H30N3OP. The van der Waals surface area contributed by atoms with Crippen molar-refractivity contribution in [2.75, 3.05) is 19.6 Å². The lowest BCUT2D eigenvalue weighted by Crippen LogP contribution is -2.34. The first-order valence-corrected chi connectivity index (χ1v) is 11.1. The van der Waals surface area contributed by atoms with Crippen molar-refractivity contribution in [1.82, 2.24) is 14.0 Å². The Morgan fingerprint density at radius 2 is 1.42 bits per heavy atom. The molecule has 1 heterocycles. The molecule has 0 aromatic heterocycles. The SMILES string of the molecule is CCN(CC)[P@]1(=O)N(Cc2ccccc2)C[C@H](C)N1Cc1ccccc1. The van der Waals surface area contributed by atoms with Crippen LogP contribution >= 0.6 is 7.59 Å². The van der Waals surface area contributed by atoms with Gasteiger partial charge in [-0.05, 0) is 18.1 Å². The second kappa shape index (κ2) is 8.49. The Labute approximate surface area is 158 Å². The summed E-state index contributed by atoms with van der Waals surface area (Å²) in [5, 5.41) is 0. The van der Waals surface area contributed by atoms with Gasteiger partial charge in [-0.1, -0.05) is 74.5 Å². The van der Waals surface area contributed by atoms with E-state index in [4.69, 9.17) is 0 Å². The Morgan fingerprint density at radius 1 is 0.923 bits per heavy atom. The zero-order chi connectivity index (χ0) is 18.6. The summed E-state index contributed by atoms with van der Waals surface area (Å²) in [5.74, 6) is 0. The standard InChI is InChI=1S/C21H30N3OP/c1-4-22(5-2)26(25)23(17-20-12-8-6-9-13-20)16-19(3)24(26)18-21-14-10-7-11-15-21/h6-15,19H,4-5,16-18H2,1-3H3/t19-,26-/m0/s1. The van der Waals surface area contributed by atoms with Crippen LogP contribution in [0.5, 0.6) is 0 Å². The summed E-state index contributed by atoms with van der Waals surface area (Å²) in [6.07, 6.45) is 0. The van der Waals surface area contributed by atoms with Gasteiger partial charge in [0.2, 0.25) is 0 Å². The first-order chi connectivity index (χ1) is 12.6. The van der Waals surface area contributed by atoms with Gasteiger partial charge in [0.05, 0.1) is 0 Å². The van der Waals surface area contributed by atoms with Crippen LogP contribution in [0.15, 0.2) is 60.7 Å². The molecule has 3 rings (SSSR count). The summed E-state index contributed by atoms with van der Waals surface area (Å²) >= 11 is 0. The van der Waals surface area contributed by atoms with Crippen LogP contribution in [0.4, 0.5) is 0 Å². The monoisotopic (exact) mass is 371 g/mol. The van der Waals surface area contributed by atoms with Crippen molar-refractivity contribution >= 4 is 7.59 Å². The van der Waals surface area contributed by atoms with Crippen molar-refractivity contribution < 1.29 is 4.57 Å². The van der Waals surface area contributed by atoms with Gasteiger partial charge < -0.3 is 0 Å². The number of nitrogens with zero attached hydrogens (tertiary/aromatic N) is 3. The van der Waals surface area contributed by atoms with E-state index in [0.717, 1.165) is 32.7 Å². The summed E-state index contributed by atoms with van der Waals surface area (Å²) in [6.45, 7) is 10.3. The van der Waals surface area contributed by atoms with E-state index >= 15 is 0 Å². The van der Waals surface area contributed by atoms with E-state index in [1.54, 1.807) is 0 Å². The molecule has 0 unspecified atom stereocenters. The normalized spacial score (nSPS) is 24.4. The molecule has 0 saturated carbocycles. The molecule has 2 aromatic rings. The second-order valence-electron chi connectivity index (χ2n) is 6.92. The number of benzene rings is 2. The first-order valence-electron chi connectivity index (χ1n) is 9.55. The molecule has 2 atom stereocenters. The molecule has 0 bridgehead atoms. The van der Waals surface area contributed by atoms with Gasteiger partial charge in [0, 0.05) is 38.8 Å². The van der Waals surface area contributed by atoms with Gasteiger partial charge in [0.25, 0.3) is 7.59 Å². The molecule has 0 spiro atoms. The van der Waals surface area contributed by atoms with Gasteiger partial charge in [0.15, 0.2) is 0 Å². The van der Waals surface area contributed by atoms with Crippen molar-refractivity contribution in [1.29, 1.82) is 0 Å². The average Bonchev–Trinajstić information content (AvgIpc) is 2.89. The van der Waals surface area contributed by atoms with Crippen LogP contribution in [0, 0.1) is 0 Å². The number of rotatable bonds is 7. The van der Waals surface area contributed by atoms with Crippen LogP contribution < -0.4 is 0 Å². The van der Waals surface area contributed by atoms with Crippen LogP contribution in [0.2, 0.25) is 0 Å². The summed E-state index contributed by atoms with van der Waals surface area (Å²) in [4.78, 5) is 0. The molecule has 1 saturated heterocycles. The molecule has 0 aliphatic carbocycles. The summed E-state index contributed by atoms with van der Waals surface area (Å²) < 4.78 is 21.0. The largest absolute Gasteiger partial charge is 0.287 e. The average molecular weight is 371 g/mol. The zero-order valence-corrected chi connectivity index (χ0v) is 17.0. The van der Waals surface area contributed by atoms with Crippen LogP contribution in [0.25, 0.3) is 0 Å². The third-order valence-electron chi connectivity index (χ3n) is 5.18. The molecule has 0 radical (unpaired) electrons. The number of hydrogen-bond acceptors (Lipinski definition) is 1. The Bertz CT molecular complexity index is 733. The van der Waals surface area contributed by atoms with Crippen molar-refractivity contribution in [3.8, 4) is 0 Å².